The second-order valence-electron chi connectivity index (χ2n) is 4.87. The van der Waals surface area contributed by atoms with Gasteiger partial charge in [0.05, 0.1) is 7.11 Å². The first kappa shape index (κ1) is 18.0. The summed E-state index contributed by atoms with van der Waals surface area (Å²) in [7, 11) is 1.53. The highest BCUT2D eigenvalue weighted by Gasteiger charge is 2.22. The number of benzene rings is 1. The normalized spacial score (nSPS) is 11.7. The lowest BCUT2D eigenvalue weighted by Gasteiger charge is -2.15. The minimum absolute atomic E-state index is 0.135. The van der Waals surface area contributed by atoms with Gasteiger partial charge in [-0.15, -0.1) is 0 Å². The second kappa shape index (κ2) is 9.78. The Morgan fingerprint density at radius 1 is 1.23 bits per heavy atom. The van der Waals surface area contributed by atoms with Crippen LogP contribution < -0.4 is 10.1 Å². The number of carboxylic acid groups (broad SMARTS) is 1. The number of hydrogen-bond acceptors (Lipinski definition) is 4. The van der Waals surface area contributed by atoms with E-state index in [-0.39, 0.29) is 6.61 Å². The first-order valence-corrected chi connectivity index (χ1v) is 7.32. The maximum absolute atomic E-state index is 11.8. The molecule has 0 aromatic heterocycles. The maximum atomic E-state index is 11.8. The molecule has 1 amide bonds. The third kappa shape index (κ3) is 6.13. The fraction of sp³-hybridized carbons (Fsp3) is 0.500. The van der Waals surface area contributed by atoms with Crippen molar-refractivity contribution in [1.29, 1.82) is 0 Å². The number of ether oxygens (including phenoxy) is 2. The van der Waals surface area contributed by atoms with Crippen LogP contribution in [0.5, 0.6) is 5.75 Å². The number of unbranched alkanes of at least 4 members (excludes halogenated alkanes) is 2. The van der Waals surface area contributed by atoms with Gasteiger partial charge in [-0.3, -0.25) is 4.79 Å². The summed E-state index contributed by atoms with van der Waals surface area (Å²) in [6.45, 7) is 2.45. The number of hydrogen-bond donors (Lipinski definition) is 2. The molecule has 0 fully saturated rings. The van der Waals surface area contributed by atoms with Crippen LogP contribution in [0.25, 0.3) is 0 Å². The summed E-state index contributed by atoms with van der Waals surface area (Å²) in [6.07, 6.45) is 3.02. The van der Waals surface area contributed by atoms with Crippen LogP contribution >= 0.6 is 0 Å². The quantitative estimate of drug-likeness (QED) is 0.647. The van der Waals surface area contributed by atoms with Crippen molar-refractivity contribution < 1.29 is 24.2 Å². The smallest absolute Gasteiger partial charge is 0.330 e. The zero-order valence-electron chi connectivity index (χ0n) is 13.0. The third-order valence-electron chi connectivity index (χ3n) is 3.13. The first-order valence-electron chi connectivity index (χ1n) is 7.32. The molecule has 0 saturated carbocycles. The van der Waals surface area contributed by atoms with Crippen LogP contribution in [0.4, 0.5) is 0 Å². The third-order valence-corrected chi connectivity index (χ3v) is 3.13. The largest absolute Gasteiger partial charge is 0.497 e. The zero-order chi connectivity index (χ0) is 16.4. The lowest BCUT2D eigenvalue weighted by Crippen LogP contribution is -2.36. The molecule has 122 valence electrons. The number of aliphatic carboxylic acids is 1. The molecule has 6 heteroatoms. The van der Waals surface area contributed by atoms with Crippen molar-refractivity contribution in [1.82, 2.24) is 5.32 Å². The average molecular weight is 309 g/mol. The Bertz CT molecular complexity index is 472. The molecule has 0 aliphatic rings. The predicted octanol–water partition coefficient (Wildman–Crippen LogP) is 2.14. The van der Waals surface area contributed by atoms with E-state index in [4.69, 9.17) is 9.47 Å². The number of carboxylic acids is 1. The lowest BCUT2D eigenvalue weighted by molar-refractivity contribution is -0.142. The molecule has 1 rings (SSSR count). The number of methoxy groups -OCH3 is 1. The van der Waals surface area contributed by atoms with Crippen molar-refractivity contribution in [2.24, 2.45) is 0 Å². The molecule has 0 heterocycles. The van der Waals surface area contributed by atoms with Gasteiger partial charge in [-0.1, -0.05) is 31.9 Å². The highest BCUT2D eigenvalue weighted by atomic mass is 16.5. The van der Waals surface area contributed by atoms with Gasteiger partial charge in [0, 0.05) is 6.61 Å². The van der Waals surface area contributed by atoms with Crippen LogP contribution in [0.3, 0.4) is 0 Å². The Kier molecular flexibility index (Phi) is 7.99. The highest BCUT2D eigenvalue weighted by Crippen LogP contribution is 2.18. The molecule has 1 aromatic rings. The molecule has 22 heavy (non-hydrogen) atoms. The Hall–Kier alpha value is -2.08. The average Bonchev–Trinajstić information content (AvgIpc) is 2.52. The van der Waals surface area contributed by atoms with Crippen molar-refractivity contribution in [2.45, 2.75) is 32.2 Å². The minimum Gasteiger partial charge on any atom is -0.497 e. The number of amides is 1. The second-order valence-corrected chi connectivity index (χ2v) is 4.87. The van der Waals surface area contributed by atoms with Gasteiger partial charge in [0.1, 0.15) is 12.4 Å². The van der Waals surface area contributed by atoms with Crippen LogP contribution in [0.2, 0.25) is 0 Å². The summed E-state index contributed by atoms with van der Waals surface area (Å²) in [5, 5.41) is 11.7. The molecule has 0 bridgehead atoms. The molecule has 6 nitrogen and oxygen atoms in total. The Morgan fingerprint density at radius 2 is 1.91 bits per heavy atom. The Morgan fingerprint density at radius 3 is 2.45 bits per heavy atom. The Balaban J connectivity index is 2.52. The van der Waals surface area contributed by atoms with E-state index >= 15 is 0 Å². The molecule has 1 aromatic carbocycles. The van der Waals surface area contributed by atoms with Crippen LogP contribution in [-0.2, 0) is 14.3 Å². The number of rotatable bonds is 10. The van der Waals surface area contributed by atoms with E-state index in [9.17, 15) is 14.7 Å². The van der Waals surface area contributed by atoms with E-state index in [0.717, 1.165) is 19.3 Å². The fourth-order valence-corrected chi connectivity index (χ4v) is 1.91. The van der Waals surface area contributed by atoms with Gasteiger partial charge in [-0.2, -0.15) is 0 Å². The van der Waals surface area contributed by atoms with Gasteiger partial charge in [-0.25, -0.2) is 4.79 Å². The zero-order valence-corrected chi connectivity index (χ0v) is 13.0. The van der Waals surface area contributed by atoms with Crippen molar-refractivity contribution in [3.8, 4) is 5.75 Å². The highest BCUT2D eigenvalue weighted by molar-refractivity contribution is 5.85. The topological polar surface area (TPSA) is 84.9 Å². The molecule has 1 unspecified atom stereocenters. The van der Waals surface area contributed by atoms with Crippen LogP contribution in [0.1, 0.15) is 37.8 Å². The summed E-state index contributed by atoms with van der Waals surface area (Å²) in [4.78, 5) is 23.1. The van der Waals surface area contributed by atoms with Gasteiger partial charge < -0.3 is 19.9 Å². The van der Waals surface area contributed by atoms with E-state index in [1.807, 2.05) is 0 Å². The summed E-state index contributed by atoms with van der Waals surface area (Å²) in [5.41, 5.74) is 0.479. The molecule has 2 N–H and O–H groups in total. The van der Waals surface area contributed by atoms with Gasteiger partial charge in [0.25, 0.3) is 0 Å². The summed E-state index contributed by atoms with van der Waals surface area (Å²) in [6, 6.07) is 5.43. The summed E-state index contributed by atoms with van der Waals surface area (Å²) < 4.78 is 10.2. The van der Waals surface area contributed by atoms with E-state index in [2.05, 4.69) is 12.2 Å². The summed E-state index contributed by atoms with van der Waals surface area (Å²) in [5.74, 6) is -0.942. The molecule has 0 radical (unpaired) electrons. The van der Waals surface area contributed by atoms with Crippen LogP contribution in [-0.4, -0.2) is 37.3 Å². The summed E-state index contributed by atoms with van der Waals surface area (Å²) >= 11 is 0. The Labute approximate surface area is 130 Å². The molecular weight excluding hydrogens is 286 g/mol. The monoisotopic (exact) mass is 309 g/mol. The van der Waals surface area contributed by atoms with E-state index in [0.29, 0.717) is 17.9 Å². The lowest BCUT2D eigenvalue weighted by atomic mass is 10.1. The number of carbonyl (C=O) groups is 2. The molecule has 0 aliphatic carbocycles. The van der Waals surface area contributed by atoms with E-state index < -0.39 is 17.9 Å². The van der Waals surface area contributed by atoms with Gasteiger partial charge in [0.2, 0.25) is 5.91 Å². The van der Waals surface area contributed by atoms with Gasteiger partial charge in [-0.05, 0) is 24.1 Å². The van der Waals surface area contributed by atoms with Crippen molar-refractivity contribution in [3.63, 3.8) is 0 Å². The molecule has 0 saturated heterocycles. The minimum atomic E-state index is -1.12. The van der Waals surface area contributed by atoms with Gasteiger partial charge >= 0.3 is 5.97 Å². The molecule has 0 spiro atoms. The maximum Gasteiger partial charge on any atom is 0.330 e. The van der Waals surface area contributed by atoms with E-state index in [1.165, 1.54) is 7.11 Å². The molecule has 0 aliphatic heterocycles. The fourth-order valence-electron chi connectivity index (χ4n) is 1.91. The van der Waals surface area contributed by atoms with Crippen LogP contribution in [0, 0.1) is 0 Å². The van der Waals surface area contributed by atoms with Crippen LogP contribution in [0.15, 0.2) is 24.3 Å². The van der Waals surface area contributed by atoms with E-state index in [1.54, 1.807) is 24.3 Å². The predicted molar refractivity (Wildman–Crippen MR) is 81.9 cm³/mol. The molecular formula is C16H23NO5. The standard InChI is InChI=1S/C16H23NO5/c1-3-4-5-10-22-11-14(18)17-15(16(19)20)12-6-8-13(21-2)9-7-12/h6-9,15H,3-5,10-11H2,1-2H3,(H,17,18)(H,19,20). The SMILES string of the molecule is CCCCCOCC(=O)NC(C(=O)O)c1ccc(OC)cc1. The number of nitrogens with one attached hydrogen (secondary N) is 1. The first-order chi connectivity index (χ1) is 10.6. The van der Waals surface area contributed by atoms with Crippen molar-refractivity contribution >= 4 is 11.9 Å². The molecule has 1 atom stereocenters. The van der Waals surface area contributed by atoms with Gasteiger partial charge in [0.15, 0.2) is 6.04 Å². The van der Waals surface area contributed by atoms with Crippen molar-refractivity contribution in [3.05, 3.63) is 29.8 Å². The van der Waals surface area contributed by atoms with Crippen molar-refractivity contribution in [2.75, 3.05) is 20.3 Å². The number of carbonyl (C=O) groups excluding carboxylic acids is 1.